The van der Waals surface area contributed by atoms with Crippen molar-refractivity contribution in [3.63, 3.8) is 0 Å². The minimum Gasteiger partial charge on any atom is -0.0622 e. The van der Waals surface area contributed by atoms with E-state index in [4.69, 9.17) is 0 Å². The fourth-order valence-corrected chi connectivity index (χ4v) is 2.45. The lowest BCUT2D eigenvalue weighted by Gasteiger charge is -2.07. The molecule has 0 atom stereocenters. The van der Waals surface area contributed by atoms with Crippen molar-refractivity contribution in [3.05, 3.63) is 68.8 Å². The Kier molecular flexibility index (Phi) is 3.99. The Morgan fingerprint density at radius 1 is 0.875 bits per heavy atom. The summed E-state index contributed by atoms with van der Waals surface area (Å²) >= 11 is 2.45. The molecule has 0 N–H and O–H groups in total. The predicted octanol–water partition coefficient (Wildman–Crippen LogP) is 4.38. The molecule has 82 valence electrons. The Hall–Kier alpha value is -0.830. The summed E-state index contributed by atoms with van der Waals surface area (Å²) in [4.78, 5) is 0. The maximum Gasteiger partial charge on any atom is 0.0191 e. The lowest BCUT2D eigenvalue weighted by molar-refractivity contribution is 0.951. The second-order valence-electron chi connectivity index (χ2n) is 4.03. The van der Waals surface area contributed by atoms with E-state index in [0.29, 0.717) is 0 Å². The molecule has 2 aromatic carbocycles. The molecule has 0 heterocycles. The van der Waals surface area contributed by atoms with Crippen LogP contribution in [0, 0.1) is 10.5 Å². The number of aryl methyl sites for hydroxylation is 3. The molecule has 0 aliphatic heterocycles. The third-order valence-corrected chi connectivity index (χ3v) is 4.34. The van der Waals surface area contributed by atoms with Gasteiger partial charge < -0.3 is 0 Å². The van der Waals surface area contributed by atoms with Crippen molar-refractivity contribution in [2.45, 2.75) is 19.8 Å². The van der Waals surface area contributed by atoms with Gasteiger partial charge in [-0.3, -0.25) is 0 Å². The molecule has 0 spiro atoms. The molecule has 0 bridgehead atoms. The van der Waals surface area contributed by atoms with Gasteiger partial charge in [0.2, 0.25) is 0 Å². The van der Waals surface area contributed by atoms with Gasteiger partial charge >= 0.3 is 0 Å². The Morgan fingerprint density at radius 3 is 2.38 bits per heavy atom. The lowest BCUT2D eigenvalue weighted by Crippen LogP contribution is -1.95. The Labute approximate surface area is 111 Å². The quantitative estimate of drug-likeness (QED) is 0.736. The van der Waals surface area contributed by atoms with Crippen LogP contribution in [0.4, 0.5) is 0 Å². The van der Waals surface area contributed by atoms with Crippen molar-refractivity contribution in [1.82, 2.24) is 0 Å². The first kappa shape index (κ1) is 11.6. The number of rotatable bonds is 3. The molecule has 0 nitrogen and oxygen atoms in total. The molecule has 0 aliphatic rings. The first-order valence-electron chi connectivity index (χ1n) is 5.55. The van der Waals surface area contributed by atoms with Crippen LogP contribution in [0.3, 0.4) is 0 Å². The molecule has 0 fully saturated rings. The number of halogens is 1. The SMILES string of the molecule is Cc1cccc(CCc2ccccc2)c1I. The maximum absolute atomic E-state index is 2.45. The van der Waals surface area contributed by atoms with Gasteiger partial charge in [0.25, 0.3) is 0 Å². The molecule has 0 aromatic heterocycles. The van der Waals surface area contributed by atoms with Gasteiger partial charge in [0.05, 0.1) is 0 Å². The molecule has 0 saturated carbocycles. The number of benzene rings is 2. The maximum atomic E-state index is 2.45. The standard InChI is InChI=1S/C15H15I/c1-12-6-5-9-14(15(12)16)11-10-13-7-3-2-4-8-13/h2-9H,10-11H2,1H3. The van der Waals surface area contributed by atoms with Crippen LogP contribution in [0.15, 0.2) is 48.5 Å². The molecular weight excluding hydrogens is 307 g/mol. The van der Waals surface area contributed by atoms with Gasteiger partial charge in [-0.25, -0.2) is 0 Å². The smallest absolute Gasteiger partial charge is 0.0191 e. The van der Waals surface area contributed by atoms with Gasteiger partial charge in [-0.05, 0) is 59.0 Å². The molecule has 2 rings (SSSR count). The van der Waals surface area contributed by atoms with Crippen LogP contribution in [0.25, 0.3) is 0 Å². The van der Waals surface area contributed by atoms with Gasteiger partial charge in [0.15, 0.2) is 0 Å². The van der Waals surface area contributed by atoms with Crippen LogP contribution < -0.4 is 0 Å². The van der Waals surface area contributed by atoms with Gasteiger partial charge in [0, 0.05) is 3.57 Å². The van der Waals surface area contributed by atoms with Crippen molar-refractivity contribution in [3.8, 4) is 0 Å². The molecule has 0 saturated heterocycles. The molecule has 0 radical (unpaired) electrons. The third-order valence-electron chi connectivity index (χ3n) is 2.80. The molecule has 0 amide bonds. The highest BCUT2D eigenvalue weighted by molar-refractivity contribution is 14.1. The topological polar surface area (TPSA) is 0 Å². The van der Waals surface area contributed by atoms with Crippen molar-refractivity contribution in [2.75, 3.05) is 0 Å². The summed E-state index contributed by atoms with van der Waals surface area (Å²) in [5.41, 5.74) is 4.26. The van der Waals surface area contributed by atoms with Crippen LogP contribution in [-0.4, -0.2) is 0 Å². The van der Waals surface area contributed by atoms with E-state index in [1.807, 2.05) is 0 Å². The van der Waals surface area contributed by atoms with E-state index in [1.54, 1.807) is 0 Å². The minimum absolute atomic E-state index is 1.13. The van der Waals surface area contributed by atoms with Gasteiger partial charge in [0.1, 0.15) is 0 Å². The second-order valence-corrected chi connectivity index (χ2v) is 5.11. The normalized spacial score (nSPS) is 10.4. The molecular formula is C15H15I. The first-order chi connectivity index (χ1) is 7.77. The van der Waals surface area contributed by atoms with Crippen molar-refractivity contribution in [1.29, 1.82) is 0 Å². The van der Waals surface area contributed by atoms with Crippen molar-refractivity contribution >= 4 is 22.6 Å². The average molecular weight is 322 g/mol. The summed E-state index contributed by atoms with van der Waals surface area (Å²) in [6.07, 6.45) is 2.25. The van der Waals surface area contributed by atoms with E-state index in [9.17, 15) is 0 Å². The van der Waals surface area contributed by atoms with Crippen LogP contribution in [0.5, 0.6) is 0 Å². The Bertz CT molecular complexity index is 460. The minimum atomic E-state index is 1.13. The highest BCUT2D eigenvalue weighted by Gasteiger charge is 2.02. The van der Waals surface area contributed by atoms with E-state index in [1.165, 1.54) is 20.3 Å². The zero-order chi connectivity index (χ0) is 11.4. The van der Waals surface area contributed by atoms with Gasteiger partial charge in [-0.2, -0.15) is 0 Å². The highest BCUT2D eigenvalue weighted by Crippen LogP contribution is 2.18. The van der Waals surface area contributed by atoms with Crippen LogP contribution >= 0.6 is 22.6 Å². The molecule has 0 aliphatic carbocycles. The summed E-state index contributed by atoms with van der Waals surface area (Å²) in [6.45, 7) is 2.17. The van der Waals surface area contributed by atoms with Crippen LogP contribution in [0.2, 0.25) is 0 Å². The van der Waals surface area contributed by atoms with Gasteiger partial charge in [-0.15, -0.1) is 0 Å². The number of hydrogen-bond acceptors (Lipinski definition) is 0. The number of hydrogen-bond donors (Lipinski definition) is 0. The van der Waals surface area contributed by atoms with E-state index in [0.717, 1.165) is 12.8 Å². The zero-order valence-electron chi connectivity index (χ0n) is 9.41. The Morgan fingerprint density at radius 2 is 1.62 bits per heavy atom. The summed E-state index contributed by atoms with van der Waals surface area (Å²) in [6, 6.07) is 17.2. The highest BCUT2D eigenvalue weighted by atomic mass is 127. The third kappa shape index (κ3) is 2.85. The van der Waals surface area contributed by atoms with Crippen LogP contribution in [-0.2, 0) is 12.8 Å². The largest absolute Gasteiger partial charge is 0.0622 e. The van der Waals surface area contributed by atoms with E-state index in [-0.39, 0.29) is 0 Å². The lowest BCUT2D eigenvalue weighted by atomic mass is 10.0. The molecule has 2 aromatic rings. The summed E-state index contributed by atoms with van der Waals surface area (Å²) < 4.78 is 1.41. The zero-order valence-corrected chi connectivity index (χ0v) is 11.6. The van der Waals surface area contributed by atoms with E-state index >= 15 is 0 Å². The molecule has 0 unspecified atom stereocenters. The fourth-order valence-electron chi connectivity index (χ4n) is 1.82. The van der Waals surface area contributed by atoms with E-state index < -0.39 is 0 Å². The predicted molar refractivity (Wildman–Crippen MR) is 77.7 cm³/mol. The average Bonchev–Trinajstić information content (AvgIpc) is 2.32. The first-order valence-corrected chi connectivity index (χ1v) is 6.63. The molecule has 1 heteroatoms. The fraction of sp³-hybridized carbons (Fsp3) is 0.200. The van der Waals surface area contributed by atoms with Gasteiger partial charge in [-0.1, -0.05) is 48.5 Å². The van der Waals surface area contributed by atoms with Crippen molar-refractivity contribution in [2.24, 2.45) is 0 Å². The molecule has 16 heavy (non-hydrogen) atoms. The van der Waals surface area contributed by atoms with Crippen molar-refractivity contribution < 1.29 is 0 Å². The summed E-state index contributed by atoms with van der Waals surface area (Å²) in [5.74, 6) is 0. The van der Waals surface area contributed by atoms with E-state index in [2.05, 4.69) is 78.0 Å². The summed E-state index contributed by atoms with van der Waals surface area (Å²) in [7, 11) is 0. The monoisotopic (exact) mass is 322 g/mol. The Balaban J connectivity index is 2.08. The van der Waals surface area contributed by atoms with Crippen LogP contribution in [0.1, 0.15) is 16.7 Å². The second kappa shape index (κ2) is 5.48. The summed E-state index contributed by atoms with van der Waals surface area (Å²) in [5, 5.41) is 0.